The van der Waals surface area contributed by atoms with Gasteiger partial charge in [-0.25, -0.2) is 13.0 Å². The van der Waals surface area contributed by atoms with Crippen molar-refractivity contribution in [3.05, 3.63) is 75.9 Å². The fourth-order valence-corrected chi connectivity index (χ4v) is 6.15. The number of amides is 1. The smallest absolute Gasteiger partial charge is 0.459 e. The van der Waals surface area contributed by atoms with E-state index in [1.807, 2.05) is 6.08 Å². The number of halogens is 2. The molecule has 3 aliphatic carbocycles. The van der Waals surface area contributed by atoms with E-state index in [9.17, 15) is 23.4 Å². The van der Waals surface area contributed by atoms with E-state index in [4.69, 9.17) is 4.42 Å². The SMILES string of the molecule is CNC(=O)c1c(-c2ccc(F)cc2)oc2c1C=C(C1CC1)C(N(C1=CC=C(B(O)O)CC1F)S(C)=O)C2. The third-order valence-corrected chi connectivity index (χ3v) is 8.08. The van der Waals surface area contributed by atoms with Gasteiger partial charge in [-0.2, -0.15) is 0 Å². The van der Waals surface area contributed by atoms with Crippen LogP contribution in [0.1, 0.15) is 40.9 Å². The van der Waals surface area contributed by atoms with Crippen LogP contribution in [-0.4, -0.2) is 57.1 Å². The molecule has 3 aliphatic rings. The van der Waals surface area contributed by atoms with E-state index in [1.165, 1.54) is 41.9 Å². The Morgan fingerprint density at radius 3 is 2.46 bits per heavy atom. The summed E-state index contributed by atoms with van der Waals surface area (Å²) in [5, 5.41) is 21.6. The first-order valence-corrected chi connectivity index (χ1v) is 13.6. The Hall–Kier alpha value is -3.02. The number of hydrogen-bond donors (Lipinski definition) is 3. The molecule has 0 saturated heterocycles. The second-order valence-corrected chi connectivity index (χ2v) is 10.7. The van der Waals surface area contributed by atoms with Crippen LogP contribution in [-0.2, 0) is 17.4 Å². The molecule has 3 unspecified atom stereocenters. The minimum atomic E-state index is -1.76. The average Bonchev–Trinajstić information content (AvgIpc) is 3.65. The van der Waals surface area contributed by atoms with Crippen LogP contribution in [0, 0.1) is 11.7 Å². The van der Waals surface area contributed by atoms with Gasteiger partial charge in [-0.3, -0.25) is 9.10 Å². The predicted molar refractivity (Wildman–Crippen MR) is 137 cm³/mol. The molecule has 11 heteroatoms. The lowest BCUT2D eigenvalue weighted by Gasteiger charge is -2.38. The first-order valence-electron chi connectivity index (χ1n) is 12.1. The van der Waals surface area contributed by atoms with Gasteiger partial charge in [-0.15, -0.1) is 0 Å². The molecular weight excluding hydrogens is 501 g/mol. The highest BCUT2D eigenvalue weighted by Gasteiger charge is 2.43. The first-order chi connectivity index (χ1) is 17.7. The quantitative estimate of drug-likeness (QED) is 0.479. The second-order valence-electron chi connectivity index (χ2n) is 9.50. The summed E-state index contributed by atoms with van der Waals surface area (Å²) in [5.41, 5.74) is 2.80. The Bertz CT molecular complexity index is 1350. The van der Waals surface area contributed by atoms with E-state index >= 15 is 4.39 Å². The molecule has 1 aromatic heterocycles. The minimum absolute atomic E-state index is 0.146. The Labute approximate surface area is 216 Å². The Kier molecular flexibility index (Phi) is 6.95. The number of alkyl halides is 1. The van der Waals surface area contributed by atoms with Crippen molar-refractivity contribution in [1.82, 2.24) is 9.62 Å². The highest BCUT2D eigenvalue weighted by Crippen LogP contribution is 2.47. The van der Waals surface area contributed by atoms with Crippen molar-refractivity contribution in [2.45, 2.75) is 37.9 Å². The van der Waals surface area contributed by atoms with Crippen LogP contribution < -0.4 is 5.32 Å². The molecule has 0 aliphatic heterocycles. The number of hydrogen-bond acceptors (Lipinski definition) is 5. The van der Waals surface area contributed by atoms with Gasteiger partial charge < -0.3 is 19.8 Å². The van der Waals surface area contributed by atoms with Crippen molar-refractivity contribution in [3.8, 4) is 11.3 Å². The van der Waals surface area contributed by atoms with Gasteiger partial charge in [0.25, 0.3) is 5.91 Å². The summed E-state index contributed by atoms with van der Waals surface area (Å²) in [6.45, 7) is 0. The number of allylic oxidation sites excluding steroid dienone is 4. The molecule has 0 spiro atoms. The van der Waals surface area contributed by atoms with E-state index < -0.39 is 36.1 Å². The molecule has 1 aromatic carbocycles. The highest BCUT2D eigenvalue weighted by atomic mass is 32.2. The van der Waals surface area contributed by atoms with E-state index in [0.717, 1.165) is 18.4 Å². The van der Waals surface area contributed by atoms with Gasteiger partial charge in [0.1, 0.15) is 34.5 Å². The minimum Gasteiger partial charge on any atom is -0.459 e. The number of benzene rings is 1. The number of carbonyl (C=O) groups is 1. The number of nitrogens with one attached hydrogen (secondary N) is 1. The molecule has 194 valence electrons. The van der Waals surface area contributed by atoms with Crippen molar-refractivity contribution < 1.29 is 32.2 Å². The Morgan fingerprint density at radius 1 is 1.19 bits per heavy atom. The highest BCUT2D eigenvalue weighted by molar-refractivity contribution is 7.82. The fraction of sp³-hybridized carbons (Fsp3) is 0.346. The molecule has 0 bridgehead atoms. The van der Waals surface area contributed by atoms with E-state index in [-0.39, 0.29) is 35.8 Å². The summed E-state index contributed by atoms with van der Waals surface area (Å²) in [6, 6.07) is 5.20. The zero-order valence-corrected chi connectivity index (χ0v) is 21.2. The van der Waals surface area contributed by atoms with Crippen LogP contribution >= 0.6 is 0 Å². The largest absolute Gasteiger partial charge is 0.484 e. The van der Waals surface area contributed by atoms with Gasteiger partial charge in [-0.05, 0) is 66.2 Å². The van der Waals surface area contributed by atoms with Crippen LogP contribution in [0.5, 0.6) is 0 Å². The van der Waals surface area contributed by atoms with Gasteiger partial charge in [-0.1, -0.05) is 6.08 Å². The van der Waals surface area contributed by atoms with Gasteiger partial charge in [0.2, 0.25) is 0 Å². The van der Waals surface area contributed by atoms with Crippen molar-refractivity contribution in [2.75, 3.05) is 13.3 Å². The molecule has 3 N–H and O–H groups in total. The average molecular weight is 528 g/mol. The molecule has 1 heterocycles. The van der Waals surface area contributed by atoms with Crippen molar-refractivity contribution in [3.63, 3.8) is 0 Å². The topological polar surface area (TPSA) is 103 Å². The maximum absolute atomic E-state index is 15.3. The van der Waals surface area contributed by atoms with Crippen molar-refractivity contribution >= 4 is 30.1 Å². The van der Waals surface area contributed by atoms with Crippen LogP contribution in [0.15, 0.2) is 57.6 Å². The standard InChI is InChI=1S/C26H27BF2N2O5S/c1-30-26(32)24-19-12-18(14-3-4-14)22(13-23(19)36-25(24)15-5-8-17(28)9-6-15)31(37(2)35)21-10-7-16(27(33)34)11-20(21)29/h5-10,12,14,20,22,33-34H,3-4,11,13H2,1-2H3,(H,30,32). The Balaban J connectivity index is 1.62. The molecule has 2 aromatic rings. The summed E-state index contributed by atoms with van der Waals surface area (Å²) in [5.74, 6) is 0.260. The molecule has 1 fully saturated rings. The van der Waals surface area contributed by atoms with E-state index in [2.05, 4.69) is 5.32 Å². The van der Waals surface area contributed by atoms with Gasteiger partial charge in [0, 0.05) is 37.3 Å². The number of rotatable bonds is 7. The number of fused-ring (bicyclic) bond motifs is 1. The third-order valence-electron chi connectivity index (χ3n) is 7.06. The molecule has 7 nitrogen and oxygen atoms in total. The molecule has 3 atom stereocenters. The lowest BCUT2D eigenvalue weighted by molar-refractivity contribution is 0.0963. The maximum Gasteiger partial charge on any atom is 0.484 e. The summed E-state index contributed by atoms with van der Waals surface area (Å²) in [7, 11) is -1.84. The molecular formula is C26H27BF2N2O5S. The normalized spacial score (nSPS) is 21.8. The number of furan rings is 1. The van der Waals surface area contributed by atoms with Crippen molar-refractivity contribution in [1.29, 1.82) is 0 Å². The third kappa shape index (κ3) is 4.83. The van der Waals surface area contributed by atoms with E-state index in [0.29, 0.717) is 28.2 Å². The molecule has 1 saturated carbocycles. The van der Waals surface area contributed by atoms with Crippen LogP contribution in [0.3, 0.4) is 0 Å². The molecule has 37 heavy (non-hydrogen) atoms. The maximum atomic E-state index is 15.3. The summed E-state index contributed by atoms with van der Waals surface area (Å²) in [4.78, 5) is 13.0. The summed E-state index contributed by atoms with van der Waals surface area (Å²) >= 11 is 0. The van der Waals surface area contributed by atoms with E-state index in [1.54, 1.807) is 12.1 Å². The Morgan fingerprint density at radius 2 is 1.89 bits per heavy atom. The first kappa shape index (κ1) is 25.6. The second kappa shape index (κ2) is 10.0. The van der Waals surface area contributed by atoms with Gasteiger partial charge >= 0.3 is 7.12 Å². The van der Waals surface area contributed by atoms with Crippen molar-refractivity contribution in [2.24, 2.45) is 5.92 Å². The van der Waals surface area contributed by atoms with Crippen LogP contribution in [0.25, 0.3) is 17.4 Å². The lowest BCUT2D eigenvalue weighted by Crippen LogP contribution is -2.43. The number of carbonyl (C=O) groups excluding carboxylic acids is 1. The lowest BCUT2D eigenvalue weighted by atomic mass is 9.74. The zero-order valence-electron chi connectivity index (χ0n) is 20.4. The molecule has 0 radical (unpaired) electrons. The van der Waals surface area contributed by atoms with Gasteiger partial charge in [0.05, 0.1) is 17.3 Å². The van der Waals surface area contributed by atoms with Crippen LogP contribution in [0.4, 0.5) is 8.78 Å². The van der Waals surface area contributed by atoms with Gasteiger partial charge in [0.15, 0.2) is 0 Å². The summed E-state index contributed by atoms with van der Waals surface area (Å²) < 4.78 is 49.7. The van der Waals surface area contributed by atoms with Crippen LogP contribution in [0.2, 0.25) is 0 Å². The zero-order chi connectivity index (χ0) is 26.4. The monoisotopic (exact) mass is 528 g/mol. The summed E-state index contributed by atoms with van der Waals surface area (Å²) in [6.07, 6.45) is 6.62. The molecule has 1 amide bonds. The fourth-order valence-electron chi connectivity index (χ4n) is 5.12. The molecule has 5 rings (SSSR count). The number of nitrogens with zero attached hydrogens (tertiary/aromatic N) is 1. The predicted octanol–water partition coefficient (Wildman–Crippen LogP) is 3.32.